The Morgan fingerprint density at radius 3 is 2.65 bits per heavy atom. The van der Waals surface area contributed by atoms with Crippen molar-refractivity contribution in [2.75, 3.05) is 32.8 Å². The maximum atomic E-state index is 11.8. The number of rotatable bonds is 4. The molecule has 0 aromatic heterocycles. The number of nitrogens with zero attached hydrogens (tertiary/aromatic N) is 2. The number of carbonyl (C=O) groups is 1. The van der Waals surface area contributed by atoms with Gasteiger partial charge in [0.25, 0.3) is 5.91 Å². The average Bonchev–Trinajstić information content (AvgIpc) is 2.46. The van der Waals surface area contributed by atoms with Gasteiger partial charge in [0.15, 0.2) is 0 Å². The van der Waals surface area contributed by atoms with E-state index in [1.54, 1.807) is 12.1 Å². The summed E-state index contributed by atoms with van der Waals surface area (Å²) in [5, 5.41) is 4.78. The average molecular weight is 296 g/mol. The van der Waals surface area contributed by atoms with Gasteiger partial charge in [0.1, 0.15) is 0 Å². The van der Waals surface area contributed by atoms with Crippen LogP contribution in [0.3, 0.4) is 0 Å². The van der Waals surface area contributed by atoms with E-state index in [2.05, 4.69) is 10.5 Å². The van der Waals surface area contributed by atoms with Crippen molar-refractivity contribution >= 4 is 23.2 Å². The predicted octanol–water partition coefficient (Wildman–Crippen LogP) is 1.51. The molecule has 1 aliphatic rings. The molecule has 6 heteroatoms. The van der Waals surface area contributed by atoms with Crippen LogP contribution in [0.25, 0.3) is 0 Å². The van der Waals surface area contributed by atoms with Crippen molar-refractivity contribution in [2.24, 2.45) is 5.10 Å². The minimum absolute atomic E-state index is 0.111. The highest BCUT2D eigenvalue weighted by molar-refractivity contribution is 6.30. The lowest BCUT2D eigenvalue weighted by atomic mass is 10.1. The predicted molar refractivity (Wildman–Crippen MR) is 79.1 cm³/mol. The van der Waals surface area contributed by atoms with Crippen molar-refractivity contribution in [2.45, 2.75) is 6.92 Å². The number of amides is 1. The van der Waals surface area contributed by atoms with Crippen molar-refractivity contribution in [3.8, 4) is 0 Å². The molecule has 1 aliphatic heterocycles. The van der Waals surface area contributed by atoms with Crippen molar-refractivity contribution in [1.82, 2.24) is 10.3 Å². The van der Waals surface area contributed by atoms with E-state index in [0.717, 1.165) is 24.4 Å². The third kappa shape index (κ3) is 4.59. The summed E-state index contributed by atoms with van der Waals surface area (Å²) >= 11 is 5.83. The lowest BCUT2D eigenvalue weighted by molar-refractivity contribution is -0.123. The van der Waals surface area contributed by atoms with Crippen LogP contribution in [0.1, 0.15) is 12.5 Å². The SMILES string of the molecule is CC(=NNC(=O)CN1CCOCC1)c1ccc(Cl)cc1. The van der Waals surface area contributed by atoms with Gasteiger partial charge >= 0.3 is 0 Å². The first-order valence-electron chi connectivity index (χ1n) is 6.54. The Kier molecular flexibility index (Phi) is 5.52. The Morgan fingerprint density at radius 1 is 1.35 bits per heavy atom. The van der Waals surface area contributed by atoms with Gasteiger partial charge in [0, 0.05) is 18.1 Å². The number of morpholine rings is 1. The molecule has 1 N–H and O–H groups in total. The van der Waals surface area contributed by atoms with Crippen LogP contribution in [0.2, 0.25) is 5.02 Å². The molecule has 2 rings (SSSR count). The molecule has 1 aromatic rings. The highest BCUT2D eigenvalue weighted by Crippen LogP contribution is 2.10. The first-order chi connectivity index (χ1) is 9.65. The van der Waals surface area contributed by atoms with Crippen LogP contribution in [0, 0.1) is 0 Å². The molecule has 0 spiro atoms. The van der Waals surface area contributed by atoms with Crippen molar-refractivity contribution in [1.29, 1.82) is 0 Å². The molecule has 1 aromatic carbocycles. The van der Waals surface area contributed by atoms with E-state index in [0.29, 0.717) is 24.8 Å². The van der Waals surface area contributed by atoms with E-state index >= 15 is 0 Å². The number of hydrogen-bond acceptors (Lipinski definition) is 4. The third-order valence-corrected chi connectivity index (χ3v) is 3.33. The Morgan fingerprint density at radius 2 is 2.00 bits per heavy atom. The van der Waals surface area contributed by atoms with Gasteiger partial charge in [0.2, 0.25) is 0 Å². The molecule has 0 atom stereocenters. The first kappa shape index (κ1) is 15.0. The van der Waals surface area contributed by atoms with Gasteiger partial charge in [-0.3, -0.25) is 9.69 Å². The number of ether oxygens (including phenoxy) is 1. The molecule has 0 bridgehead atoms. The number of hydrazone groups is 1. The number of carbonyl (C=O) groups excluding carboxylic acids is 1. The normalized spacial score (nSPS) is 17.0. The standard InChI is InChI=1S/C14H18ClN3O2/c1-11(12-2-4-13(15)5-3-12)16-17-14(19)10-18-6-8-20-9-7-18/h2-5H,6-10H2,1H3,(H,17,19). The highest BCUT2D eigenvalue weighted by Gasteiger charge is 2.13. The fourth-order valence-corrected chi connectivity index (χ4v) is 2.03. The summed E-state index contributed by atoms with van der Waals surface area (Å²) in [6.07, 6.45) is 0. The number of halogens is 1. The quantitative estimate of drug-likeness (QED) is 0.677. The smallest absolute Gasteiger partial charge is 0.254 e. The van der Waals surface area contributed by atoms with E-state index < -0.39 is 0 Å². The van der Waals surface area contributed by atoms with Gasteiger partial charge in [-0.2, -0.15) is 5.10 Å². The fraction of sp³-hybridized carbons (Fsp3) is 0.429. The van der Waals surface area contributed by atoms with Crippen LogP contribution in [0.15, 0.2) is 29.4 Å². The van der Waals surface area contributed by atoms with Gasteiger partial charge in [0.05, 0.1) is 25.5 Å². The minimum atomic E-state index is -0.111. The summed E-state index contributed by atoms with van der Waals surface area (Å²) in [7, 11) is 0. The monoisotopic (exact) mass is 295 g/mol. The zero-order valence-electron chi connectivity index (χ0n) is 11.4. The van der Waals surface area contributed by atoms with Gasteiger partial charge in [-0.25, -0.2) is 5.43 Å². The molecule has 1 saturated heterocycles. The van der Waals surface area contributed by atoms with Crippen LogP contribution in [0.4, 0.5) is 0 Å². The molecule has 20 heavy (non-hydrogen) atoms. The zero-order chi connectivity index (χ0) is 14.4. The van der Waals surface area contributed by atoms with Gasteiger partial charge in [-0.05, 0) is 24.6 Å². The molecule has 0 unspecified atom stereocenters. The summed E-state index contributed by atoms with van der Waals surface area (Å²) < 4.78 is 5.24. The molecular weight excluding hydrogens is 278 g/mol. The molecule has 1 fully saturated rings. The number of hydrogen-bond donors (Lipinski definition) is 1. The molecule has 0 aliphatic carbocycles. The van der Waals surface area contributed by atoms with E-state index in [4.69, 9.17) is 16.3 Å². The molecule has 1 amide bonds. The Labute approximate surface area is 123 Å². The number of nitrogens with one attached hydrogen (secondary N) is 1. The Balaban J connectivity index is 1.84. The molecular formula is C14H18ClN3O2. The largest absolute Gasteiger partial charge is 0.379 e. The fourth-order valence-electron chi connectivity index (χ4n) is 1.90. The second kappa shape index (κ2) is 7.38. The van der Waals surface area contributed by atoms with Crippen LogP contribution in [-0.2, 0) is 9.53 Å². The van der Waals surface area contributed by atoms with Crippen molar-refractivity contribution in [3.63, 3.8) is 0 Å². The molecule has 0 saturated carbocycles. The van der Waals surface area contributed by atoms with Crippen LogP contribution in [0.5, 0.6) is 0 Å². The van der Waals surface area contributed by atoms with Gasteiger partial charge < -0.3 is 4.74 Å². The van der Waals surface area contributed by atoms with Gasteiger partial charge in [-0.1, -0.05) is 23.7 Å². The minimum Gasteiger partial charge on any atom is -0.379 e. The second-order valence-electron chi connectivity index (χ2n) is 4.63. The summed E-state index contributed by atoms with van der Waals surface area (Å²) in [4.78, 5) is 13.8. The summed E-state index contributed by atoms with van der Waals surface area (Å²) in [5.41, 5.74) is 4.26. The topological polar surface area (TPSA) is 53.9 Å². The molecule has 108 valence electrons. The van der Waals surface area contributed by atoms with E-state index in [1.807, 2.05) is 24.0 Å². The van der Waals surface area contributed by atoms with E-state index in [1.165, 1.54) is 0 Å². The summed E-state index contributed by atoms with van der Waals surface area (Å²) in [6, 6.07) is 7.33. The van der Waals surface area contributed by atoms with Crippen LogP contribution in [-0.4, -0.2) is 49.4 Å². The molecule has 5 nitrogen and oxygen atoms in total. The van der Waals surface area contributed by atoms with Crippen molar-refractivity contribution in [3.05, 3.63) is 34.9 Å². The van der Waals surface area contributed by atoms with Crippen LogP contribution >= 0.6 is 11.6 Å². The van der Waals surface area contributed by atoms with Crippen molar-refractivity contribution < 1.29 is 9.53 Å². The third-order valence-electron chi connectivity index (χ3n) is 3.08. The zero-order valence-corrected chi connectivity index (χ0v) is 12.2. The number of benzene rings is 1. The summed E-state index contributed by atoms with van der Waals surface area (Å²) in [5.74, 6) is -0.111. The molecule has 1 heterocycles. The maximum Gasteiger partial charge on any atom is 0.254 e. The van der Waals surface area contributed by atoms with E-state index in [-0.39, 0.29) is 5.91 Å². The van der Waals surface area contributed by atoms with E-state index in [9.17, 15) is 4.79 Å². The Hall–Kier alpha value is -1.43. The second-order valence-corrected chi connectivity index (χ2v) is 5.06. The summed E-state index contributed by atoms with van der Waals surface area (Å²) in [6.45, 7) is 5.13. The first-order valence-corrected chi connectivity index (χ1v) is 6.92. The lowest BCUT2D eigenvalue weighted by Crippen LogP contribution is -2.42. The lowest BCUT2D eigenvalue weighted by Gasteiger charge is -2.25. The van der Waals surface area contributed by atoms with Gasteiger partial charge in [-0.15, -0.1) is 0 Å². The Bertz CT molecular complexity index is 482. The highest BCUT2D eigenvalue weighted by atomic mass is 35.5. The maximum absolute atomic E-state index is 11.8. The van der Waals surface area contributed by atoms with Crippen LogP contribution < -0.4 is 5.43 Å². The molecule has 0 radical (unpaired) electrons.